The molecule has 98 valence electrons. The van der Waals surface area contributed by atoms with Crippen molar-refractivity contribution in [2.75, 3.05) is 13.1 Å². The van der Waals surface area contributed by atoms with Gasteiger partial charge in [-0.05, 0) is 37.1 Å². The largest absolute Gasteiger partial charge is 0.316 e. The number of unbranched alkanes of at least 4 members (excludes halogenated alkanes) is 1. The van der Waals surface area contributed by atoms with Gasteiger partial charge in [0.2, 0.25) is 0 Å². The van der Waals surface area contributed by atoms with Crippen molar-refractivity contribution in [3.8, 4) is 0 Å². The highest BCUT2D eigenvalue weighted by Gasteiger charge is 2.25. The van der Waals surface area contributed by atoms with E-state index >= 15 is 0 Å². The van der Waals surface area contributed by atoms with Crippen molar-refractivity contribution in [1.29, 1.82) is 0 Å². The molecule has 0 aliphatic heterocycles. The van der Waals surface area contributed by atoms with Crippen LogP contribution < -0.4 is 5.32 Å². The Hall–Kier alpha value is -0.0400. The van der Waals surface area contributed by atoms with Gasteiger partial charge in [0.05, 0.1) is 0 Å². The molecule has 0 aromatic carbocycles. The molecule has 0 aromatic heterocycles. The second-order valence-electron chi connectivity index (χ2n) is 5.73. The zero-order valence-corrected chi connectivity index (χ0v) is 12.2. The van der Waals surface area contributed by atoms with Crippen LogP contribution >= 0.6 is 0 Å². The predicted molar refractivity (Wildman–Crippen MR) is 74.9 cm³/mol. The number of nitrogens with one attached hydrogen (secondary N) is 1. The Bertz CT molecular complexity index is 154. The third-order valence-corrected chi connectivity index (χ3v) is 3.64. The molecule has 1 unspecified atom stereocenters. The van der Waals surface area contributed by atoms with Gasteiger partial charge in [-0.15, -0.1) is 0 Å². The number of hydrogen-bond donors (Lipinski definition) is 1. The average Bonchev–Trinajstić information content (AvgIpc) is 2.25. The van der Waals surface area contributed by atoms with E-state index in [0.29, 0.717) is 5.41 Å². The summed E-state index contributed by atoms with van der Waals surface area (Å²) in [6, 6.07) is 0. The van der Waals surface area contributed by atoms with Crippen molar-refractivity contribution in [3.63, 3.8) is 0 Å². The minimum atomic E-state index is 0.569. The van der Waals surface area contributed by atoms with Gasteiger partial charge in [-0.1, -0.05) is 53.9 Å². The maximum absolute atomic E-state index is 3.67. The molecule has 0 heterocycles. The molecule has 1 heteroatoms. The van der Waals surface area contributed by atoms with Crippen LogP contribution in [0.5, 0.6) is 0 Å². The fraction of sp³-hybridized carbons (Fsp3) is 1.00. The van der Waals surface area contributed by atoms with Crippen LogP contribution in [0, 0.1) is 11.3 Å². The van der Waals surface area contributed by atoms with Gasteiger partial charge in [-0.25, -0.2) is 0 Å². The van der Waals surface area contributed by atoms with Crippen LogP contribution in [0.2, 0.25) is 0 Å². The normalized spacial score (nSPS) is 15.4. The molecule has 0 aliphatic rings. The van der Waals surface area contributed by atoms with Gasteiger partial charge in [0, 0.05) is 6.54 Å². The SMILES string of the molecule is CCCCC(CC)(CCC)CNCC(C)C. The predicted octanol–water partition coefficient (Wildman–Crippen LogP) is 4.62. The zero-order valence-electron chi connectivity index (χ0n) is 12.2. The molecule has 1 atom stereocenters. The molecule has 1 N–H and O–H groups in total. The standard InChI is InChI=1S/C15H33N/c1-6-9-11-15(8-3,10-7-2)13-16-12-14(4)5/h14,16H,6-13H2,1-5H3. The monoisotopic (exact) mass is 227 g/mol. The molecule has 0 saturated carbocycles. The molecular formula is C15H33N. The minimum absolute atomic E-state index is 0.569. The summed E-state index contributed by atoms with van der Waals surface area (Å²) in [7, 11) is 0. The Labute approximate surface area is 103 Å². The maximum atomic E-state index is 3.67. The second-order valence-corrected chi connectivity index (χ2v) is 5.73. The summed E-state index contributed by atoms with van der Waals surface area (Å²) in [5.41, 5.74) is 0.569. The molecule has 0 spiro atoms. The number of rotatable bonds is 10. The van der Waals surface area contributed by atoms with E-state index in [1.807, 2.05) is 0 Å². The van der Waals surface area contributed by atoms with Crippen molar-refractivity contribution < 1.29 is 0 Å². The van der Waals surface area contributed by atoms with Crippen molar-refractivity contribution in [2.45, 2.75) is 73.1 Å². The molecule has 0 bridgehead atoms. The minimum Gasteiger partial charge on any atom is -0.316 e. The van der Waals surface area contributed by atoms with E-state index in [2.05, 4.69) is 39.9 Å². The summed E-state index contributed by atoms with van der Waals surface area (Å²) >= 11 is 0. The van der Waals surface area contributed by atoms with Crippen LogP contribution in [0.1, 0.15) is 73.1 Å². The first-order valence-electron chi connectivity index (χ1n) is 7.31. The molecule has 0 fully saturated rings. The van der Waals surface area contributed by atoms with Gasteiger partial charge in [-0.3, -0.25) is 0 Å². The Morgan fingerprint density at radius 3 is 2.12 bits per heavy atom. The van der Waals surface area contributed by atoms with E-state index in [1.54, 1.807) is 0 Å². The summed E-state index contributed by atoms with van der Waals surface area (Å²) in [4.78, 5) is 0. The van der Waals surface area contributed by atoms with E-state index in [4.69, 9.17) is 0 Å². The third-order valence-electron chi connectivity index (χ3n) is 3.64. The molecule has 0 saturated heterocycles. The fourth-order valence-electron chi connectivity index (χ4n) is 2.49. The lowest BCUT2D eigenvalue weighted by Crippen LogP contribution is -2.35. The van der Waals surface area contributed by atoms with Gasteiger partial charge in [0.1, 0.15) is 0 Å². The van der Waals surface area contributed by atoms with Gasteiger partial charge in [-0.2, -0.15) is 0 Å². The van der Waals surface area contributed by atoms with Crippen LogP contribution in [0.3, 0.4) is 0 Å². The van der Waals surface area contributed by atoms with E-state index in [-0.39, 0.29) is 0 Å². The fourth-order valence-corrected chi connectivity index (χ4v) is 2.49. The summed E-state index contributed by atoms with van der Waals surface area (Å²) in [6.45, 7) is 13.9. The zero-order chi connectivity index (χ0) is 12.4. The summed E-state index contributed by atoms with van der Waals surface area (Å²) in [5.74, 6) is 0.766. The Balaban J connectivity index is 4.14. The highest BCUT2D eigenvalue weighted by atomic mass is 14.9. The number of hydrogen-bond acceptors (Lipinski definition) is 1. The smallest absolute Gasteiger partial charge is 0.000781 e. The van der Waals surface area contributed by atoms with E-state index < -0.39 is 0 Å². The van der Waals surface area contributed by atoms with Crippen molar-refractivity contribution in [2.24, 2.45) is 11.3 Å². The topological polar surface area (TPSA) is 12.0 Å². The Morgan fingerprint density at radius 1 is 1.00 bits per heavy atom. The molecule has 0 radical (unpaired) electrons. The first-order valence-corrected chi connectivity index (χ1v) is 7.31. The van der Waals surface area contributed by atoms with Crippen LogP contribution in [-0.2, 0) is 0 Å². The molecule has 16 heavy (non-hydrogen) atoms. The Morgan fingerprint density at radius 2 is 1.69 bits per heavy atom. The van der Waals surface area contributed by atoms with Crippen LogP contribution in [0.15, 0.2) is 0 Å². The first kappa shape index (κ1) is 16.0. The summed E-state index contributed by atoms with van der Waals surface area (Å²) in [6.07, 6.45) is 8.15. The van der Waals surface area contributed by atoms with Crippen LogP contribution in [-0.4, -0.2) is 13.1 Å². The highest BCUT2D eigenvalue weighted by molar-refractivity contribution is 4.80. The molecule has 0 amide bonds. The van der Waals surface area contributed by atoms with Crippen molar-refractivity contribution in [1.82, 2.24) is 5.32 Å². The lowest BCUT2D eigenvalue weighted by molar-refractivity contribution is 0.207. The van der Waals surface area contributed by atoms with Crippen molar-refractivity contribution >= 4 is 0 Å². The lowest BCUT2D eigenvalue weighted by Gasteiger charge is -2.33. The Kier molecular flexibility index (Phi) is 9.02. The molecule has 0 rings (SSSR count). The second kappa shape index (κ2) is 9.04. The molecule has 1 nitrogen and oxygen atoms in total. The molecule has 0 aliphatic carbocycles. The van der Waals surface area contributed by atoms with Gasteiger partial charge in [0.25, 0.3) is 0 Å². The average molecular weight is 227 g/mol. The van der Waals surface area contributed by atoms with E-state index in [9.17, 15) is 0 Å². The van der Waals surface area contributed by atoms with Gasteiger partial charge < -0.3 is 5.32 Å². The van der Waals surface area contributed by atoms with Crippen LogP contribution in [0.4, 0.5) is 0 Å². The summed E-state index contributed by atoms with van der Waals surface area (Å²) < 4.78 is 0. The molecule has 0 aromatic rings. The van der Waals surface area contributed by atoms with Crippen LogP contribution in [0.25, 0.3) is 0 Å². The molecular weight excluding hydrogens is 194 g/mol. The first-order chi connectivity index (χ1) is 7.60. The van der Waals surface area contributed by atoms with E-state index in [1.165, 1.54) is 45.1 Å². The van der Waals surface area contributed by atoms with E-state index in [0.717, 1.165) is 12.5 Å². The maximum Gasteiger partial charge on any atom is 0.000781 e. The van der Waals surface area contributed by atoms with Crippen molar-refractivity contribution in [3.05, 3.63) is 0 Å². The quantitative estimate of drug-likeness (QED) is 0.574. The summed E-state index contributed by atoms with van der Waals surface area (Å²) in [5, 5.41) is 3.67. The third kappa shape index (κ3) is 6.52. The van der Waals surface area contributed by atoms with Gasteiger partial charge >= 0.3 is 0 Å². The highest BCUT2D eigenvalue weighted by Crippen LogP contribution is 2.33. The lowest BCUT2D eigenvalue weighted by atomic mass is 9.76. The van der Waals surface area contributed by atoms with Gasteiger partial charge in [0.15, 0.2) is 0 Å².